The first-order valence-electron chi connectivity index (χ1n) is 13.5. The summed E-state index contributed by atoms with van der Waals surface area (Å²) in [6.07, 6.45) is -2.49. The molecular weight excluding hydrogens is 570 g/mol. The number of nitrogens with one attached hydrogen (secondary N) is 1. The van der Waals surface area contributed by atoms with E-state index in [1.54, 1.807) is 0 Å². The van der Waals surface area contributed by atoms with E-state index < -0.39 is 40.5 Å². The molecule has 226 valence electrons. The minimum atomic E-state index is -4.04. The average Bonchev–Trinajstić information content (AvgIpc) is 3.44. The van der Waals surface area contributed by atoms with Gasteiger partial charge in [-0.25, -0.2) is 18.0 Å². The van der Waals surface area contributed by atoms with Crippen molar-refractivity contribution in [2.75, 3.05) is 44.4 Å². The van der Waals surface area contributed by atoms with Crippen LogP contribution in [0.4, 0.5) is 15.3 Å². The molecule has 1 aliphatic heterocycles. The minimum absolute atomic E-state index is 0.00535. The van der Waals surface area contributed by atoms with Crippen molar-refractivity contribution in [3.63, 3.8) is 0 Å². The van der Waals surface area contributed by atoms with Gasteiger partial charge >= 0.3 is 12.2 Å². The first-order chi connectivity index (χ1) is 19.6. The number of carbonyl (C=O) groups excluding carboxylic acids is 2. The fraction of sp³-hybridized carbons (Fsp3) is 0.500. The molecule has 2 aromatic carbocycles. The van der Waals surface area contributed by atoms with Crippen LogP contribution in [0, 0.1) is 5.92 Å². The number of alkyl carbamates (subject to hydrolysis) is 1. The summed E-state index contributed by atoms with van der Waals surface area (Å²) in [6.45, 7) is 4.39. The SMILES string of the molecule is CC(C)CN(C[C@@H](OC(=O)OCCS)[C@H](Cc1ccccc1)NC(=O)O[C@H]1CCOC1)S(=O)(=O)c1ccc(N)cc1. The number of amides is 1. The Hall–Kier alpha value is -3.00. The number of sulfonamides is 1. The lowest BCUT2D eigenvalue weighted by atomic mass is 10.0. The average molecular weight is 610 g/mol. The number of hydrogen-bond acceptors (Lipinski definition) is 10. The number of nitrogens with two attached hydrogens (primary N) is 1. The second kappa shape index (κ2) is 15.9. The number of ether oxygens (including phenoxy) is 4. The number of nitrogen functional groups attached to an aromatic ring is 1. The van der Waals surface area contributed by atoms with E-state index in [1.807, 2.05) is 44.2 Å². The second-order valence-corrected chi connectivity index (χ2v) is 12.5. The van der Waals surface area contributed by atoms with E-state index in [-0.39, 0.29) is 49.3 Å². The van der Waals surface area contributed by atoms with Crippen LogP contribution < -0.4 is 11.1 Å². The molecule has 11 nitrogen and oxygen atoms in total. The predicted octanol–water partition coefficient (Wildman–Crippen LogP) is 3.49. The van der Waals surface area contributed by atoms with Crippen LogP contribution in [0.1, 0.15) is 25.8 Å². The maximum atomic E-state index is 13.8. The summed E-state index contributed by atoms with van der Waals surface area (Å²) >= 11 is 4.06. The highest BCUT2D eigenvalue weighted by Gasteiger charge is 2.35. The van der Waals surface area contributed by atoms with Gasteiger partial charge in [0.1, 0.15) is 18.8 Å². The normalized spacial score (nSPS) is 16.8. The highest BCUT2D eigenvalue weighted by Crippen LogP contribution is 2.22. The molecule has 1 saturated heterocycles. The first kappa shape index (κ1) is 32.5. The third-order valence-corrected chi connectivity index (χ3v) is 8.27. The van der Waals surface area contributed by atoms with Crippen LogP contribution in [0.3, 0.4) is 0 Å². The molecule has 1 fully saturated rings. The Balaban J connectivity index is 1.96. The Morgan fingerprint density at radius 2 is 1.83 bits per heavy atom. The highest BCUT2D eigenvalue weighted by molar-refractivity contribution is 7.89. The zero-order valence-corrected chi connectivity index (χ0v) is 25.0. The molecular formula is C28H39N3O8S2. The van der Waals surface area contributed by atoms with E-state index >= 15 is 0 Å². The van der Waals surface area contributed by atoms with Crippen molar-refractivity contribution in [3.05, 3.63) is 60.2 Å². The number of hydrogen-bond donors (Lipinski definition) is 3. The van der Waals surface area contributed by atoms with Crippen molar-refractivity contribution in [2.24, 2.45) is 5.92 Å². The molecule has 3 N–H and O–H groups in total. The molecule has 0 aromatic heterocycles. The predicted molar refractivity (Wildman–Crippen MR) is 157 cm³/mol. The van der Waals surface area contributed by atoms with Crippen LogP contribution in [-0.2, 0) is 35.4 Å². The maximum Gasteiger partial charge on any atom is 0.508 e. The Morgan fingerprint density at radius 3 is 2.44 bits per heavy atom. The van der Waals surface area contributed by atoms with E-state index in [4.69, 9.17) is 24.7 Å². The third kappa shape index (κ3) is 10.4. The van der Waals surface area contributed by atoms with Crippen molar-refractivity contribution >= 4 is 40.6 Å². The van der Waals surface area contributed by atoms with Crippen molar-refractivity contribution < 1.29 is 37.0 Å². The lowest BCUT2D eigenvalue weighted by Crippen LogP contribution is -2.53. The number of anilines is 1. The number of nitrogens with zero attached hydrogens (tertiary/aromatic N) is 1. The van der Waals surface area contributed by atoms with Crippen LogP contribution in [-0.4, -0.2) is 81.9 Å². The monoisotopic (exact) mass is 609 g/mol. The Kier molecular flexibility index (Phi) is 12.6. The molecule has 0 saturated carbocycles. The Morgan fingerprint density at radius 1 is 1.12 bits per heavy atom. The summed E-state index contributed by atoms with van der Waals surface area (Å²) in [4.78, 5) is 25.7. The first-order valence-corrected chi connectivity index (χ1v) is 15.5. The lowest BCUT2D eigenvalue weighted by Gasteiger charge is -2.33. The largest absolute Gasteiger partial charge is 0.508 e. The maximum absolute atomic E-state index is 13.8. The molecule has 0 bridgehead atoms. The summed E-state index contributed by atoms with van der Waals surface area (Å²) in [5, 5.41) is 2.81. The van der Waals surface area contributed by atoms with Crippen molar-refractivity contribution in [1.82, 2.24) is 9.62 Å². The van der Waals surface area contributed by atoms with Crippen LogP contribution >= 0.6 is 12.6 Å². The summed E-state index contributed by atoms with van der Waals surface area (Å²) in [7, 11) is -4.04. The van der Waals surface area contributed by atoms with Gasteiger partial charge in [-0.3, -0.25) is 0 Å². The van der Waals surface area contributed by atoms with E-state index in [0.717, 1.165) is 5.56 Å². The number of rotatable bonds is 14. The molecule has 0 unspecified atom stereocenters. The van der Waals surface area contributed by atoms with E-state index in [2.05, 4.69) is 17.9 Å². The van der Waals surface area contributed by atoms with Gasteiger partial charge in [-0.1, -0.05) is 44.2 Å². The minimum Gasteiger partial charge on any atom is -0.444 e. The van der Waals surface area contributed by atoms with Gasteiger partial charge in [0.25, 0.3) is 0 Å². The van der Waals surface area contributed by atoms with E-state index in [1.165, 1.54) is 28.6 Å². The molecule has 3 rings (SSSR count). The van der Waals surface area contributed by atoms with Gasteiger partial charge < -0.3 is 30.0 Å². The zero-order chi connectivity index (χ0) is 29.8. The van der Waals surface area contributed by atoms with Crippen molar-refractivity contribution in [1.29, 1.82) is 0 Å². The topological polar surface area (TPSA) is 146 Å². The zero-order valence-electron chi connectivity index (χ0n) is 23.3. The third-order valence-electron chi connectivity index (χ3n) is 6.24. The summed E-state index contributed by atoms with van der Waals surface area (Å²) in [5.74, 6) is 0.204. The van der Waals surface area contributed by atoms with Crippen molar-refractivity contribution in [2.45, 2.75) is 49.8 Å². The Labute approximate surface area is 247 Å². The molecule has 0 radical (unpaired) electrons. The van der Waals surface area contributed by atoms with Gasteiger partial charge in [-0.2, -0.15) is 16.9 Å². The van der Waals surface area contributed by atoms with Crippen molar-refractivity contribution in [3.8, 4) is 0 Å². The van der Waals surface area contributed by atoms with Gasteiger partial charge in [0.15, 0.2) is 0 Å². The lowest BCUT2D eigenvalue weighted by molar-refractivity contribution is 0.00378. The number of carbonyl (C=O) groups is 2. The molecule has 2 aromatic rings. The fourth-order valence-electron chi connectivity index (χ4n) is 4.29. The number of thiol groups is 1. The Bertz CT molecular complexity index is 1210. The second-order valence-electron chi connectivity index (χ2n) is 10.1. The molecule has 1 amide bonds. The molecule has 1 heterocycles. The molecule has 0 spiro atoms. The molecule has 3 atom stereocenters. The summed E-state index contributed by atoms with van der Waals surface area (Å²) < 4.78 is 50.4. The van der Waals surface area contributed by atoms with Crippen LogP contribution in [0.2, 0.25) is 0 Å². The molecule has 13 heteroatoms. The van der Waals surface area contributed by atoms with Crippen LogP contribution in [0.15, 0.2) is 59.5 Å². The highest BCUT2D eigenvalue weighted by atomic mass is 32.2. The van der Waals surface area contributed by atoms with Crippen LogP contribution in [0.25, 0.3) is 0 Å². The van der Waals surface area contributed by atoms with Gasteiger partial charge in [-0.15, -0.1) is 0 Å². The summed E-state index contributed by atoms with van der Waals surface area (Å²) in [5.41, 5.74) is 7.03. The van der Waals surface area contributed by atoms with Gasteiger partial charge in [0.05, 0.1) is 30.7 Å². The van der Waals surface area contributed by atoms with Gasteiger partial charge in [0.2, 0.25) is 10.0 Å². The quantitative estimate of drug-likeness (QED) is 0.166. The standard InChI is InChI=1S/C28H39N3O8S2/c1-20(2)17-31(41(34,35)24-10-8-22(29)9-11-24)18-26(39-28(33)37-14-15-40)25(16-21-6-4-3-5-7-21)30-27(32)38-23-12-13-36-19-23/h3-11,20,23,25-26,40H,12-19,29H2,1-2H3,(H,30,32)/t23-,25-,26+/m0/s1. The van der Waals surface area contributed by atoms with Gasteiger partial charge in [-0.05, 0) is 42.2 Å². The van der Waals surface area contributed by atoms with Gasteiger partial charge in [0, 0.05) is 24.4 Å². The smallest absolute Gasteiger partial charge is 0.444 e. The van der Waals surface area contributed by atoms with E-state index in [9.17, 15) is 18.0 Å². The van der Waals surface area contributed by atoms with E-state index in [0.29, 0.717) is 18.7 Å². The molecule has 0 aliphatic carbocycles. The number of benzene rings is 2. The molecule has 41 heavy (non-hydrogen) atoms. The summed E-state index contributed by atoms with van der Waals surface area (Å²) in [6, 6.07) is 14.3. The van der Waals surface area contributed by atoms with Crippen LogP contribution in [0.5, 0.6) is 0 Å². The molecule has 1 aliphatic rings. The fourth-order valence-corrected chi connectivity index (χ4v) is 5.99.